The third kappa shape index (κ3) is 10.2. The number of hydrogen-bond donors (Lipinski definition) is 4. The zero-order chi connectivity index (χ0) is 16.5. The van der Waals surface area contributed by atoms with Gasteiger partial charge in [0.2, 0.25) is 0 Å². The van der Waals surface area contributed by atoms with E-state index in [1.54, 1.807) is 12.7 Å². The molecule has 0 amide bonds. The van der Waals surface area contributed by atoms with Gasteiger partial charge in [-0.25, -0.2) is 9.97 Å². The Morgan fingerprint density at radius 2 is 2.08 bits per heavy atom. The molecular formula is C15H28Cl3N7S. The van der Waals surface area contributed by atoms with Gasteiger partial charge < -0.3 is 21.0 Å². The fourth-order valence-corrected chi connectivity index (χ4v) is 3.13. The number of imidazole rings is 2. The van der Waals surface area contributed by atoms with Crippen molar-refractivity contribution in [3.8, 4) is 0 Å². The maximum atomic E-state index is 5.92. The SMILES string of the molecule is Cc1[nH]cnc1CSC[C@@H](C)NC(N)=NCCCc1cnc[nH]1.Cl.Cl.Cl. The molecule has 0 spiro atoms. The first-order chi connectivity index (χ1) is 11.1. The number of nitrogens with zero attached hydrogens (tertiary/aromatic N) is 3. The zero-order valence-electron chi connectivity index (χ0n) is 14.9. The standard InChI is InChI=1S/C15H25N7S.3ClH/c1-11(7-23-8-14-12(2)19-10-21-14)22-15(16)18-5-3-4-13-6-17-9-20-13;;;/h6,9-11H,3-5,7-8H2,1-2H3,(H,17,20)(H,19,21)(H3,16,18,22);3*1H/t11-;;;/m1.../s1. The monoisotopic (exact) mass is 443 g/mol. The van der Waals surface area contributed by atoms with Crippen LogP contribution in [0.5, 0.6) is 0 Å². The Bertz CT molecular complexity index is 604. The number of aromatic amines is 2. The molecule has 7 nitrogen and oxygen atoms in total. The van der Waals surface area contributed by atoms with Crippen LogP contribution >= 0.6 is 49.0 Å². The van der Waals surface area contributed by atoms with Crippen LogP contribution in [0, 0.1) is 6.92 Å². The smallest absolute Gasteiger partial charge is 0.188 e. The van der Waals surface area contributed by atoms with E-state index in [-0.39, 0.29) is 43.3 Å². The minimum atomic E-state index is 0. The highest BCUT2D eigenvalue weighted by Crippen LogP contribution is 2.13. The number of nitrogens with two attached hydrogens (primary N) is 1. The van der Waals surface area contributed by atoms with Crippen molar-refractivity contribution in [2.75, 3.05) is 12.3 Å². The largest absolute Gasteiger partial charge is 0.370 e. The van der Waals surface area contributed by atoms with Gasteiger partial charge >= 0.3 is 0 Å². The third-order valence-electron chi connectivity index (χ3n) is 3.38. The lowest BCUT2D eigenvalue weighted by Gasteiger charge is -2.13. The van der Waals surface area contributed by atoms with Crippen LogP contribution in [0.25, 0.3) is 0 Å². The fraction of sp³-hybridized carbons (Fsp3) is 0.533. The number of H-pyrrole nitrogens is 2. The predicted octanol–water partition coefficient (Wildman–Crippen LogP) is 2.87. The molecule has 11 heteroatoms. The molecule has 150 valence electrons. The van der Waals surface area contributed by atoms with Crippen LogP contribution in [0.3, 0.4) is 0 Å². The number of aliphatic imine (C=N–C) groups is 1. The summed E-state index contributed by atoms with van der Waals surface area (Å²) in [6.45, 7) is 4.86. The van der Waals surface area contributed by atoms with E-state index in [1.807, 2.05) is 24.9 Å². The molecule has 0 aliphatic rings. The van der Waals surface area contributed by atoms with E-state index >= 15 is 0 Å². The van der Waals surface area contributed by atoms with Gasteiger partial charge in [-0.05, 0) is 26.7 Å². The van der Waals surface area contributed by atoms with E-state index in [0.717, 1.165) is 41.4 Å². The molecule has 0 saturated heterocycles. The summed E-state index contributed by atoms with van der Waals surface area (Å²) in [7, 11) is 0. The summed E-state index contributed by atoms with van der Waals surface area (Å²) < 4.78 is 0. The van der Waals surface area contributed by atoms with Crippen LogP contribution in [0.2, 0.25) is 0 Å². The number of hydrogen-bond acceptors (Lipinski definition) is 4. The summed E-state index contributed by atoms with van der Waals surface area (Å²) in [6.07, 6.45) is 7.15. The molecule has 5 N–H and O–H groups in total. The first-order valence-electron chi connectivity index (χ1n) is 7.75. The van der Waals surface area contributed by atoms with Gasteiger partial charge in [-0.2, -0.15) is 11.8 Å². The molecule has 0 aliphatic heterocycles. The summed E-state index contributed by atoms with van der Waals surface area (Å²) >= 11 is 1.84. The lowest BCUT2D eigenvalue weighted by Crippen LogP contribution is -2.39. The third-order valence-corrected chi connectivity index (χ3v) is 4.59. The molecule has 0 fully saturated rings. The number of nitrogens with one attached hydrogen (secondary N) is 3. The van der Waals surface area contributed by atoms with Gasteiger partial charge in [0.15, 0.2) is 5.96 Å². The van der Waals surface area contributed by atoms with Crippen molar-refractivity contribution < 1.29 is 0 Å². The molecule has 2 heterocycles. The van der Waals surface area contributed by atoms with Gasteiger partial charge in [-0.3, -0.25) is 4.99 Å². The Kier molecular flexibility index (Phi) is 15.7. The number of thioether (sulfide) groups is 1. The molecule has 2 aromatic heterocycles. The van der Waals surface area contributed by atoms with Crippen molar-refractivity contribution in [1.29, 1.82) is 0 Å². The van der Waals surface area contributed by atoms with E-state index in [9.17, 15) is 0 Å². The van der Waals surface area contributed by atoms with Crippen LogP contribution < -0.4 is 11.1 Å². The number of guanidine groups is 1. The highest BCUT2D eigenvalue weighted by Gasteiger charge is 2.05. The zero-order valence-corrected chi connectivity index (χ0v) is 18.2. The number of rotatable bonds is 9. The second kappa shape index (κ2) is 15.0. The maximum absolute atomic E-state index is 5.92. The number of halogens is 3. The molecule has 2 aromatic rings. The average Bonchev–Trinajstić information content (AvgIpc) is 3.16. The van der Waals surface area contributed by atoms with Gasteiger partial charge in [0.05, 0.1) is 18.3 Å². The van der Waals surface area contributed by atoms with Crippen molar-refractivity contribution in [1.82, 2.24) is 25.3 Å². The van der Waals surface area contributed by atoms with Gasteiger partial charge in [-0.15, -0.1) is 37.2 Å². The summed E-state index contributed by atoms with van der Waals surface area (Å²) in [6, 6.07) is 0.274. The molecule has 1 atom stereocenters. The highest BCUT2D eigenvalue weighted by atomic mass is 35.5. The first-order valence-corrected chi connectivity index (χ1v) is 8.91. The summed E-state index contributed by atoms with van der Waals surface area (Å²) in [4.78, 5) is 18.8. The van der Waals surface area contributed by atoms with Gasteiger partial charge in [-0.1, -0.05) is 0 Å². The molecule has 0 unspecified atom stereocenters. The molecule has 0 aliphatic carbocycles. The van der Waals surface area contributed by atoms with Gasteiger partial charge in [0, 0.05) is 41.7 Å². The second-order valence-corrected chi connectivity index (χ2v) is 6.51. The van der Waals surface area contributed by atoms with Crippen molar-refractivity contribution >= 4 is 54.9 Å². The van der Waals surface area contributed by atoms with E-state index in [4.69, 9.17) is 5.73 Å². The fourth-order valence-electron chi connectivity index (χ4n) is 2.10. The molecule has 2 rings (SSSR count). The Hall–Kier alpha value is -1.09. The summed E-state index contributed by atoms with van der Waals surface area (Å²) in [5, 5.41) is 3.23. The Morgan fingerprint density at radius 1 is 1.31 bits per heavy atom. The maximum Gasteiger partial charge on any atom is 0.188 e. The first kappa shape index (κ1) is 27.1. The van der Waals surface area contributed by atoms with E-state index < -0.39 is 0 Å². The topological polar surface area (TPSA) is 108 Å². The van der Waals surface area contributed by atoms with Crippen LogP contribution in [0.4, 0.5) is 0 Å². The lowest BCUT2D eigenvalue weighted by molar-refractivity contribution is 0.727. The lowest BCUT2D eigenvalue weighted by atomic mass is 10.2. The summed E-state index contributed by atoms with van der Waals surface area (Å²) in [5.41, 5.74) is 9.30. The second-order valence-electron chi connectivity index (χ2n) is 5.48. The van der Waals surface area contributed by atoms with E-state index in [2.05, 4.69) is 37.2 Å². The number of aromatic nitrogens is 4. The van der Waals surface area contributed by atoms with Crippen LogP contribution in [0.15, 0.2) is 23.8 Å². The molecule has 0 aromatic carbocycles. The number of aryl methyl sites for hydroxylation is 2. The normalized spacial score (nSPS) is 11.7. The summed E-state index contributed by atoms with van der Waals surface area (Å²) in [5.74, 6) is 2.37. The van der Waals surface area contributed by atoms with Crippen LogP contribution in [-0.4, -0.2) is 44.2 Å². The minimum absolute atomic E-state index is 0. The minimum Gasteiger partial charge on any atom is -0.370 e. The highest BCUT2D eigenvalue weighted by molar-refractivity contribution is 7.98. The van der Waals surface area contributed by atoms with E-state index in [0.29, 0.717) is 12.5 Å². The quantitative estimate of drug-likeness (QED) is 0.270. The Balaban J connectivity index is 0. The van der Waals surface area contributed by atoms with Gasteiger partial charge in [0.1, 0.15) is 0 Å². The average molecular weight is 445 g/mol. The van der Waals surface area contributed by atoms with E-state index in [1.165, 1.54) is 0 Å². The van der Waals surface area contributed by atoms with Crippen molar-refractivity contribution in [3.63, 3.8) is 0 Å². The Morgan fingerprint density at radius 3 is 2.69 bits per heavy atom. The van der Waals surface area contributed by atoms with Crippen LogP contribution in [0.1, 0.15) is 30.4 Å². The predicted molar refractivity (Wildman–Crippen MR) is 117 cm³/mol. The Labute approximate surface area is 177 Å². The van der Waals surface area contributed by atoms with Gasteiger partial charge in [0.25, 0.3) is 0 Å². The molecule has 0 bridgehead atoms. The van der Waals surface area contributed by atoms with Crippen molar-refractivity contribution in [3.05, 3.63) is 35.9 Å². The molecule has 0 saturated carbocycles. The van der Waals surface area contributed by atoms with Crippen molar-refractivity contribution in [2.24, 2.45) is 10.7 Å². The molecule has 0 radical (unpaired) electrons. The van der Waals surface area contributed by atoms with Crippen LogP contribution in [-0.2, 0) is 12.2 Å². The molecule has 26 heavy (non-hydrogen) atoms. The molecular weight excluding hydrogens is 417 g/mol. The van der Waals surface area contributed by atoms with Crippen molar-refractivity contribution in [2.45, 2.75) is 38.5 Å².